The van der Waals surface area contributed by atoms with E-state index in [1.54, 1.807) is 7.05 Å². The molecule has 5 heteroatoms. The van der Waals surface area contributed by atoms with Crippen molar-refractivity contribution in [3.05, 3.63) is 51.3 Å². The van der Waals surface area contributed by atoms with Crippen LogP contribution in [0.3, 0.4) is 0 Å². The van der Waals surface area contributed by atoms with E-state index in [1.807, 2.05) is 19.1 Å². The van der Waals surface area contributed by atoms with Gasteiger partial charge in [-0.3, -0.25) is 4.68 Å². The molecule has 0 amide bonds. The van der Waals surface area contributed by atoms with Gasteiger partial charge in [0.1, 0.15) is 6.61 Å². The Bertz CT molecular complexity index is 682. The number of hydrogen-bond donors (Lipinski definition) is 0. The van der Waals surface area contributed by atoms with E-state index in [2.05, 4.69) is 53.9 Å². The summed E-state index contributed by atoms with van der Waals surface area (Å²) in [5.41, 5.74) is 3.54. The third-order valence-corrected chi connectivity index (χ3v) is 4.48. The maximum absolute atomic E-state index is 12.2. The van der Waals surface area contributed by atoms with Crippen molar-refractivity contribution in [2.45, 2.75) is 39.7 Å². The summed E-state index contributed by atoms with van der Waals surface area (Å²) in [6.45, 7) is 8.60. The van der Waals surface area contributed by atoms with Crippen molar-refractivity contribution in [2.24, 2.45) is 7.05 Å². The van der Waals surface area contributed by atoms with Crippen LogP contribution in [0.15, 0.2) is 28.7 Å². The predicted molar refractivity (Wildman–Crippen MR) is 89.9 cm³/mol. The molecule has 0 aliphatic rings. The van der Waals surface area contributed by atoms with Crippen molar-refractivity contribution in [3.63, 3.8) is 0 Å². The first kappa shape index (κ1) is 16.7. The molecule has 2 aromatic rings. The lowest BCUT2D eigenvalue weighted by atomic mass is 9.87. The fraction of sp³-hybridized carbons (Fsp3) is 0.412. The SMILES string of the molecule is Cc1nn(C)c(C(=O)OCc2ccc(C(C)(C)C)cc2)c1Br. The molecule has 1 aromatic heterocycles. The number of halogens is 1. The molecule has 0 aliphatic heterocycles. The Morgan fingerprint density at radius 1 is 1.27 bits per heavy atom. The van der Waals surface area contributed by atoms with Gasteiger partial charge >= 0.3 is 5.97 Å². The highest BCUT2D eigenvalue weighted by atomic mass is 79.9. The van der Waals surface area contributed by atoms with Crippen LogP contribution in [0.25, 0.3) is 0 Å². The third-order valence-electron chi connectivity index (χ3n) is 3.53. The van der Waals surface area contributed by atoms with Crippen LogP contribution in [0.5, 0.6) is 0 Å². The zero-order valence-corrected chi connectivity index (χ0v) is 15.2. The first-order valence-corrected chi connectivity index (χ1v) is 7.95. The lowest BCUT2D eigenvalue weighted by molar-refractivity contribution is 0.0458. The minimum Gasteiger partial charge on any atom is -0.456 e. The highest BCUT2D eigenvalue weighted by Crippen LogP contribution is 2.23. The van der Waals surface area contributed by atoms with Crippen molar-refractivity contribution in [3.8, 4) is 0 Å². The fourth-order valence-corrected chi connectivity index (χ4v) is 2.67. The van der Waals surface area contributed by atoms with Crippen molar-refractivity contribution in [1.82, 2.24) is 9.78 Å². The van der Waals surface area contributed by atoms with Crippen molar-refractivity contribution >= 4 is 21.9 Å². The van der Waals surface area contributed by atoms with Gasteiger partial charge in [0.2, 0.25) is 0 Å². The Kier molecular flexibility index (Phi) is 4.75. The van der Waals surface area contributed by atoms with E-state index < -0.39 is 0 Å². The molecule has 0 unspecified atom stereocenters. The number of rotatable bonds is 3. The molecule has 0 fully saturated rings. The topological polar surface area (TPSA) is 44.1 Å². The smallest absolute Gasteiger partial charge is 0.358 e. The van der Waals surface area contributed by atoms with Gasteiger partial charge in [-0.05, 0) is 39.4 Å². The molecule has 118 valence electrons. The van der Waals surface area contributed by atoms with E-state index in [1.165, 1.54) is 10.2 Å². The van der Waals surface area contributed by atoms with E-state index in [-0.39, 0.29) is 18.0 Å². The largest absolute Gasteiger partial charge is 0.456 e. The van der Waals surface area contributed by atoms with Gasteiger partial charge in [0.05, 0.1) is 10.2 Å². The Morgan fingerprint density at radius 2 is 1.86 bits per heavy atom. The van der Waals surface area contributed by atoms with Gasteiger partial charge in [-0.2, -0.15) is 5.10 Å². The third kappa shape index (κ3) is 3.58. The van der Waals surface area contributed by atoms with Crippen LogP contribution in [0, 0.1) is 6.92 Å². The van der Waals surface area contributed by atoms with Gasteiger partial charge < -0.3 is 4.74 Å². The Morgan fingerprint density at radius 3 is 2.32 bits per heavy atom. The zero-order chi connectivity index (χ0) is 16.5. The summed E-state index contributed by atoms with van der Waals surface area (Å²) in [5.74, 6) is -0.380. The van der Waals surface area contributed by atoms with Crippen molar-refractivity contribution in [2.75, 3.05) is 0 Å². The quantitative estimate of drug-likeness (QED) is 0.768. The predicted octanol–water partition coefficient (Wildman–Crippen LogP) is 4.15. The van der Waals surface area contributed by atoms with E-state index in [0.29, 0.717) is 10.2 Å². The molecule has 0 spiro atoms. The van der Waals surface area contributed by atoms with Crippen LogP contribution in [0.2, 0.25) is 0 Å². The van der Waals surface area contributed by atoms with Crippen molar-refractivity contribution < 1.29 is 9.53 Å². The normalized spacial score (nSPS) is 11.5. The summed E-state index contributed by atoms with van der Waals surface area (Å²) in [4.78, 5) is 12.2. The summed E-state index contributed by atoms with van der Waals surface area (Å²) >= 11 is 3.38. The maximum Gasteiger partial charge on any atom is 0.358 e. The van der Waals surface area contributed by atoms with Crippen LogP contribution < -0.4 is 0 Å². The standard InChI is InChI=1S/C17H21BrN2O2/c1-11-14(18)15(20(5)19-11)16(21)22-10-12-6-8-13(9-7-12)17(2,3)4/h6-9H,10H2,1-5H3. The average Bonchev–Trinajstić information content (AvgIpc) is 2.69. The highest BCUT2D eigenvalue weighted by Gasteiger charge is 2.20. The molecular formula is C17H21BrN2O2. The summed E-state index contributed by atoms with van der Waals surface area (Å²) in [6.07, 6.45) is 0. The minimum absolute atomic E-state index is 0.117. The van der Waals surface area contributed by atoms with Gasteiger partial charge in [0.25, 0.3) is 0 Å². The van der Waals surface area contributed by atoms with Crippen LogP contribution in [0.1, 0.15) is 48.1 Å². The number of aromatic nitrogens is 2. The monoisotopic (exact) mass is 364 g/mol. The summed E-state index contributed by atoms with van der Waals surface area (Å²) in [5, 5.41) is 4.19. The molecule has 0 bridgehead atoms. The highest BCUT2D eigenvalue weighted by molar-refractivity contribution is 9.10. The number of carbonyl (C=O) groups is 1. The van der Waals surface area contributed by atoms with E-state index in [4.69, 9.17) is 4.74 Å². The van der Waals surface area contributed by atoms with Gasteiger partial charge in [-0.15, -0.1) is 0 Å². The number of benzene rings is 1. The van der Waals surface area contributed by atoms with Crippen molar-refractivity contribution in [1.29, 1.82) is 0 Å². The zero-order valence-electron chi connectivity index (χ0n) is 13.6. The number of ether oxygens (including phenoxy) is 1. The van der Waals surface area contributed by atoms with Crippen LogP contribution in [-0.4, -0.2) is 15.7 Å². The molecule has 2 rings (SSSR count). The molecule has 22 heavy (non-hydrogen) atoms. The molecule has 0 saturated heterocycles. The number of nitrogens with zero attached hydrogens (tertiary/aromatic N) is 2. The summed E-state index contributed by atoms with van der Waals surface area (Å²) in [7, 11) is 1.73. The molecule has 1 heterocycles. The molecule has 0 saturated carbocycles. The number of esters is 1. The number of carbonyl (C=O) groups excluding carboxylic acids is 1. The van der Waals surface area contributed by atoms with Crippen LogP contribution in [0.4, 0.5) is 0 Å². The van der Waals surface area contributed by atoms with E-state index in [0.717, 1.165) is 11.3 Å². The molecule has 0 atom stereocenters. The summed E-state index contributed by atoms with van der Waals surface area (Å²) < 4.78 is 7.60. The summed E-state index contributed by atoms with van der Waals surface area (Å²) in [6, 6.07) is 8.15. The van der Waals surface area contributed by atoms with Gasteiger partial charge in [0, 0.05) is 7.05 Å². The lowest BCUT2D eigenvalue weighted by Crippen LogP contribution is -2.12. The van der Waals surface area contributed by atoms with Gasteiger partial charge in [-0.25, -0.2) is 4.79 Å². The van der Waals surface area contributed by atoms with E-state index in [9.17, 15) is 4.79 Å². The molecule has 4 nitrogen and oxygen atoms in total. The second-order valence-corrected chi connectivity index (χ2v) is 7.19. The van der Waals surface area contributed by atoms with E-state index >= 15 is 0 Å². The lowest BCUT2D eigenvalue weighted by Gasteiger charge is -2.19. The fourth-order valence-electron chi connectivity index (χ4n) is 2.17. The number of aryl methyl sites for hydroxylation is 2. The number of hydrogen-bond acceptors (Lipinski definition) is 3. The Labute approximate surface area is 139 Å². The van der Waals surface area contributed by atoms with Crippen LogP contribution in [-0.2, 0) is 23.8 Å². The van der Waals surface area contributed by atoms with Gasteiger partial charge in [-0.1, -0.05) is 45.0 Å². The van der Waals surface area contributed by atoms with Gasteiger partial charge in [0.15, 0.2) is 5.69 Å². The first-order valence-electron chi connectivity index (χ1n) is 7.16. The second kappa shape index (κ2) is 6.24. The second-order valence-electron chi connectivity index (χ2n) is 6.39. The van der Waals surface area contributed by atoms with Crippen LogP contribution >= 0.6 is 15.9 Å². The average molecular weight is 365 g/mol. The molecule has 0 aliphatic carbocycles. The molecule has 0 N–H and O–H groups in total. The Balaban J connectivity index is 2.05. The Hall–Kier alpha value is -1.62. The maximum atomic E-state index is 12.2. The molecule has 1 aromatic carbocycles. The minimum atomic E-state index is -0.380. The molecular weight excluding hydrogens is 344 g/mol. The molecule has 0 radical (unpaired) electrons. The first-order chi connectivity index (χ1) is 10.2.